The van der Waals surface area contributed by atoms with E-state index < -0.39 is 0 Å². The number of rotatable bonds is 2. The average molecular weight is 243 g/mol. The Morgan fingerprint density at radius 2 is 2.24 bits per heavy atom. The predicted molar refractivity (Wildman–Crippen MR) is 67.3 cm³/mol. The second-order valence-electron chi connectivity index (χ2n) is 3.75. The van der Waals surface area contributed by atoms with Gasteiger partial charge >= 0.3 is 0 Å². The number of aldehydes is 1. The number of nitrogens with one attached hydrogen (secondary N) is 1. The lowest BCUT2D eigenvalue weighted by atomic mass is 10.2. The average Bonchev–Trinajstić information content (AvgIpc) is 2.92. The molecule has 0 aliphatic rings. The molecule has 0 bridgehead atoms. The first kappa shape index (κ1) is 10.2. The fourth-order valence-corrected chi connectivity index (χ4v) is 2.50. The fourth-order valence-electron chi connectivity index (χ4n) is 1.74. The van der Waals surface area contributed by atoms with Crippen LogP contribution >= 0.6 is 11.3 Å². The Balaban J connectivity index is 2.13. The van der Waals surface area contributed by atoms with Crippen molar-refractivity contribution < 1.29 is 4.79 Å². The van der Waals surface area contributed by atoms with Gasteiger partial charge in [-0.15, -0.1) is 11.3 Å². The molecule has 3 aromatic rings. The molecule has 0 aliphatic heterocycles. The number of carbonyl (C=O) groups is 1. The van der Waals surface area contributed by atoms with Gasteiger partial charge in [-0.1, -0.05) is 0 Å². The summed E-state index contributed by atoms with van der Waals surface area (Å²) < 4.78 is 0. The summed E-state index contributed by atoms with van der Waals surface area (Å²) >= 11 is 1.47. The van der Waals surface area contributed by atoms with Gasteiger partial charge in [-0.3, -0.25) is 4.79 Å². The quantitative estimate of drug-likeness (QED) is 0.704. The first-order valence-electron chi connectivity index (χ1n) is 5.14. The lowest BCUT2D eigenvalue weighted by molar-refractivity contribution is 0.111. The lowest BCUT2D eigenvalue weighted by Gasteiger charge is -1.95. The number of fused-ring (bicyclic) bond motifs is 1. The Bertz CT molecular complexity index is 699. The highest BCUT2D eigenvalue weighted by Crippen LogP contribution is 2.26. The molecule has 0 fully saturated rings. The van der Waals surface area contributed by atoms with E-state index in [1.165, 1.54) is 11.3 Å². The van der Waals surface area contributed by atoms with Crippen molar-refractivity contribution in [1.29, 1.82) is 0 Å². The van der Waals surface area contributed by atoms with Gasteiger partial charge in [0, 0.05) is 10.9 Å². The van der Waals surface area contributed by atoms with E-state index in [-0.39, 0.29) is 0 Å². The number of thiazole rings is 1. The van der Waals surface area contributed by atoms with Crippen molar-refractivity contribution in [2.75, 3.05) is 0 Å². The molecule has 3 rings (SSSR count). The van der Waals surface area contributed by atoms with Gasteiger partial charge in [0.15, 0.2) is 6.29 Å². The number of H-pyrrole nitrogens is 1. The Hall–Kier alpha value is -2.01. The minimum atomic E-state index is 0.478. The molecule has 2 aromatic heterocycles. The van der Waals surface area contributed by atoms with Gasteiger partial charge < -0.3 is 4.98 Å². The Morgan fingerprint density at radius 1 is 1.35 bits per heavy atom. The van der Waals surface area contributed by atoms with Crippen LogP contribution in [0.15, 0.2) is 23.6 Å². The van der Waals surface area contributed by atoms with Crippen LogP contribution in [-0.2, 0) is 0 Å². The molecular formula is C12H9N3OS. The Labute approximate surface area is 101 Å². The highest BCUT2D eigenvalue weighted by Gasteiger charge is 2.06. The molecule has 2 heterocycles. The van der Waals surface area contributed by atoms with Crippen molar-refractivity contribution in [2.45, 2.75) is 6.92 Å². The minimum absolute atomic E-state index is 0.478. The maximum Gasteiger partial charge on any atom is 0.169 e. The molecule has 0 unspecified atom stereocenters. The summed E-state index contributed by atoms with van der Waals surface area (Å²) in [5.41, 5.74) is 3.41. The van der Waals surface area contributed by atoms with Gasteiger partial charge in [0.05, 0.1) is 11.0 Å². The molecule has 0 spiro atoms. The molecule has 0 radical (unpaired) electrons. The smallest absolute Gasteiger partial charge is 0.169 e. The van der Waals surface area contributed by atoms with Crippen LogP contribution in [0.25, 0.3) is 21.6 Å². The minimum Gasteiger partial charge on any atom is -0.342 e. The molecule has 1 aromatic carbocycles. The zero-order chi connectivity index (χ0) is 11.8. The summed E-state index contributed by atoms with van der Waals surface area (Å²) in [7, 11) is 0. The maximum absolute atomic E-state index is 10.6. The van der Waals surface area contributed by atoms with Crippen molar-refractivity contribution in [3.8, 4) is 10.6 Å². The molecule has 0 saturated carbocycles. The normalized spacial score (nSPS) is 10.9. The number of nitrogens with zero attached hydrogens (tertiary/aromatic N) is 2. The van der Waals surface area contributed by atoms with E-state index in [1.54, 1.807) is 5.38 Å². The third kappa shape index (κ3) is 1.74. The van der Waals surface area contributed by atoms with Crippen LogP contribution in [0.2, 0.25) is 0 Å². The summed E-state index contributed by atoms with van der Waals surface area (Å²) in [6.45, 7) is 1.92. The van der Waals surface area contributed by atoms with Crippen molar-refractivity contribution in [2.24, 2.45) is 0 Å². The number of hydrogen-bond donors (Lipinski definition) is 1. The van der Waals surface area contributed by atoms with Gasteiger partial charge in [0.2, 0.25) is 0 Å². The van der Waals surface area contributed by atoms with E-state index in [2.05, 4.69) is 15.0 Å². The lowest BCUT2D eigenvalue weighted by Crippen LogP contribution is -1.80. The number of carbonyl (C=O) groups excluding carboxylic acids is 1. The summed E-state index contributed by atoms with van der Waals surface area (Å²) in [6, 6.07) is 5.93. The van der Waals surface area contributed by atoms with Crippen molar-refractivity contribution >= 4 is 28.7 Å². The van der Waals surface area contributed by atoms with Crippen molar-refractivity contribution in [3.63, 3.8) is 0 Å². The zero-order valence-corrected chi connectivity index (χ0v) is 9.91. The summed E-state index contributed by atoms with van der Waals surface area (Å²) in [5.74, 6) is 0.893. The Kier molecular flexibility index (Phi) is 2.26. The summed E-state index contributed by atoms with van der Waals surface area (Å²) in [6.07, 6.45) is 0.763. The molecular weight excluding hydrogens is 234 g/mol. The molecule has 0 atom stereocenters. The van der Waals surface area contributed by atoms with Crippen LogP contribution < -0.4 is 0 Å². The highest BCUT2D eigenvalue weighted by molar-refractivity contribution is 7.13. The van der Waals surface area contributed by atoms with Crippen LogP contribution in [0.4, 0.5) is 0 Å². The van der Waals surface area contributed by atoms with Crippen LogP contribution in [0, 0.1) is 6.92 Å². The maximum atomic E-state index is 10.6. The molecule has 1 N–H and O–H groups in total. The number of hydrogen-bond acceptors (Lipinski definition) is 4. The topological polar surface area (TPSA) is 58.6 Å². The van der Waals surface area contributed by atoms with E-state index in [1.807, 2.05) is 25.1 Å². The second kappa shape index (κ2) is 3.78. The third-order valence-electron chi connectivity index (χ3n) is 2.49. The van der Waals surface area contributed by atoms with E-state index in [0.717, 1.165) is 33.7 Å². The SMILES string of the molecule is Cc1nc2ccc(-c3nc(C=O)cs3)cc2[nH]1. The van der Waals surface area contributed by atoms with Crippen molar-refractivity contribution in [3.05, 3.63) is 35.1 Å². The molecule has 5 heteroatoms. The van der Waals surface area contributed by atoms with Crippen LogP contribution in [-0.4, -0.2) is 21.2 Å². The third-order valence-corrected chi connectivity index (χ3v) is 3.40. The first-order valence-corrected chi connectivity index (χ1v) is 6.01. The molecule has 0 saturated heterocycles. The molecule has 0 aliphatic carbocycles. The van der Waals surface area contributed by atoms with Gasteiger partial charge in [-0.05, 0) is 25.1 Å². The summed E-state index contributed by atoms with van der Waals surface area (Å²) in [5, 5.41) is 2.60. The molecule has 17 heavy (non-hydrogen) atoms. The second-order valence-corrected chi connectivity index (χ2v) is 4.61. The monoisotopic (exact) mass is 243 g/mol. The highest BCUT2D eigenvalue weighted by atomic mass is 32.1. The van der Waals surface area contributed by atoms with E-state index in [4.69, 9.17) is 0 Å². The molecule has 4 nitrogen and oxygen atoms in total. The van der Waals surface area contributed by atoms with Crippen LogP contribution in [0.3, 0.4) is 0 Å². The van der Waals surface area contributed by atoms with Gasteiger partial charge in [-0.25, -0.2) is 9.97 Å². The van der Waals surface area contributed by atoms with E-state index in [0.29, 0.717) is 5.69 Å². The van der Waals surface area contributed by atoms with E-state index in [9.17, 15) is 4.79 Å². The zero-order valence-electron chi connectivity index (χ0n) is 9.10. The van der Waals surface area contributed by atoms with Crippen molar-refractivity contribution in [1.82, 2.24) is 15.0 Å². The van der Waals surface area contributed by atoms with Gasteiger partial charge in [0.1, 0.15) is 16.5 Å². The van der Waals surface area contributed by atoms with Crippen LogP contribution in [0.1, 0.15) is 16.3 Å². The fraction of sp³-hybridized carbons (Fsp3) is 0.0833. The summed E-state index contributed by atoms with van der Waals surface area (Å²) in [4.78, 5) is 22.3. The number of aromatic amines is 1. The molecule has 0 amide bonds. The van der Waals surface area contributed by atoms with Gasteiger partial charge in [0.25, 0.3) is 0 Å². The molecule has 84 valence electrons. The van der Waals surface area contributed by atoms with Crippen LogP contribution in [0.5, 0.6) is 0 Å². The predicted octanol–water partition coefficient (Wildman–Crippen LogP) is 2.81. The van der Waals surface area contributed by atoms with Gasteiger partial charge in [-0.2, -0.15) is 0 Å². The number of benzene rings is 1. The Morgan fingerprint density at radius 3 is 3.00 bits per heavy atom. The number of imidazole rings is 1. The number of aryl methyl sites for hydroxylation is 1. The largest absolute Gasteiger partial charge is 0.342 e. The number of aromatic nitrogens is 3. The first-order chi connectivity index (χ1) is 8.26. The standard InChI is InChI=1S/C12H9N3OS/c1-7-13-10-3-2-8(4-11(10)14-7)12-15-9(5-16)6-17-12/h2-6H,1H3,(H,13,14). The van der Waals surface area contributed by atoms with E-state index >= 15 is 0 Å².